The Morgan fingerprint density at radius 2 is 1.78 bits per heavy atom. The van der Waals surface area contributed by atoms with Gasteiger partial charge < -0.3 is 19.9 Å². The fourth-order valence-corrected chi connectivity index (χ4v) is 3.48. The number of nitrogens with zero attached hydrogens (tertiary/aromatic N) is 2. The monoisotopic (exact) mass is 367 g/mol. The maximum atomic E-state index is 13.0. The van der Waals surface area contributed by atoms with Gasteiger partial charge in [-0.25, -0.2) is 4.79 Å². The number of nitrogens with one attached hydrogen (secondary N) is 1. The van der Waals surface area contributed by atoms with E-state index in [9.17, 15) is 4.79 Å². The molecule has 5 nitrogen and oxygen atoms in total. The van der Waals surface area contributed by atoms with Gasteiger partial charge in [-0.15, -0.1) is 0 Å². The Bertz CT molecular complexity index is 735. The molecule has 27 heavy (non-hydrogen) atoms. The van der Waals surface area contributed by atoms with Crippen LogP contribution in [0.15, 0.2) is 54.6 Å². The number of amides is 2. The van der Waals surface area contributed by atoms with Crippen molar-refractivity contribution in [2.75, 3.05) is 33.3 Å². The SMILES string of the molecule is CCOCc1ccccc1CNC(=O)N1CCN(C)CC1c1ccccc1. The van der Waals surface area contributed by atoms with Crippen LogP contribution < -0.4 is 5.32 Å². The first-order valence-electron chi connectivity index (χ1n) is 9.61. The summed E-state index contributed by atoms with van der Waals surface area (Å²) < 4.78 is 5.54. The van der Waals surface area contributed by atoms with Crippen molar-refractivity contribution in [1.29, 1.82) is 0 Å². The largest absolute Gasteiger partial charge is 0.377 e. The Balaban J connectivity index is 1.68. The van der Waals surface area contributed by atoms with E-state index in [1.807, 2.05) is 48.2 Å². The predicted octanol–water partition coefficient (Wildman–Crippen LogP) is 3.42. The number of urea groups is 1. The second-order valence-corrected chi connectivity index (χ2v) is 6.95. The second-order valence-electron chi connectivity index (χ2n) is 6.95. The van der Waals surface area contributed by atoms with Crippen LogP contribution in [0.2, 0.25) is 0 Å². The number of rotatable bonds is 6. The number of ether oxygens (including phenoxy) is 1. The van der Waals surface area contributed by atoms with Crippen molar-refractivity contribution in [2.24, 2.45) is 0 Å². The third-order valence-corrected chi connectivity index (χ3v) is 5.04. The summed E-state index contributed by atoms with van der Waals surface area (Å²) in [6.07, 6.45) is 0. The van der Waals surface area contributed by atoms with Crippen LogP contribution in [0.25, 0.3) is 0 Å². The van der Waals surface area contributed by atoms with Crippen LogP contribution in [0.4, 0.5) is 4.79 Å². The lowest BCUT2D eigenvalue weighted by Gasteiger charge is -2.40. The number of likely N-dealkylation sites (N-methyl/N-ethyl adjacent to an activating group) is 1. The molecule has 1 atom stereocenters. The van der Waals surface area contributed by atoms with Gasteiger partial charge in [-0.3, -0.25) is 0 Å². The van der Waals surface area contributed by atoms with Gasteiger partial charge in [0.25, 0.3) is 0 Å². The van der Waals surface area contributed by atoms with Crippen LogP contribution in [0, 0.1) is 0 Å². The molecule has 1 heterocycles. The van der Waals surface area contributed by atoms with E-state index in [1.54, 1.807) is 0 Å². The van der Waals surface area contributed by atoms with Crippen molar-refractivity contribution >= 4 is 6.03 Å². The van der Waals surface area contributed by atoms with Gasteiger partial charge in [0, 0.05) is 32.8 Å². The van der Waals surface area contributed by atoms with E-state index in [0.717, 1.165) is 30.8 Å². The fourth-order valence-electron chi connectivity index (χ4n) is 3.48. The number of hydrogen-bond donors (Lipinski definition) is 1. The van der Waals surface area contributed by atoms with Gasteiger partial charge in [0.2, 0.25) is 0 Å². The number of piperazine rings is 1. The molecule has 144 valence electrons. The average molecular weight is 367 g/mol. The van der Waals surface area contributed by atoms with Crippen molar-refractivity contribution in [3.05, 3.63) is 71.3 Å². The third-order valence-electron chi connectivity index (χ3n) is 5.04. The predicted molar refractivity (Wildman–Crippen MR) is 107 cm³/mol. The molecule has 5 heteroatoms. The topological polar surface area (TPSA) is 44.8 Å². The maximum absolute atomic E-state index is 13.0. The Kier molecular flexibility index (Phi) is 6.85. The molecule has 0 radical (unpaired) electrons. The minimum absolute atomic E-state index is 0.0110. The molecule has 1 unspecified atom stereocenters. The van der Waals surface area contributed by atoms with Gasteiger partial charge >= 0.3 is 6.03 Å². The summed E-state index contributed by atoms with van der Waals surface area (Å²) in [5, 5.41) is 3.11. The highest BCUT2D eigenvalue weighted by atomic mass is 16.5. The number of carbonyl (C=O) groups excluding carboxylic acids is 1. The lowest BCUT2D eigenvalue weighted by Crippen LogP contribution is -2.52. The van der Waals surface area contributed by atoms with Crippen molar-refractivity contribution in [2.45, 2.75) is 26.1 Å². The molecule has 2 amide bonds. The number of carbonyl (C=O) groups is 1. The Hall–Kier alpha value is -2.37. The molecule has 0 aromatic heterocycles. The Labute approximate surface area is 161 Å². The zero-order valence-corrected chi connectivity index (χ0v) is 16.2. The Morgan fingerprint density at radius 1 is 1.07 bits per heavy atom. The van der Waals surface area contributed by atoms with Crippen molar-refractivity contribution in [1.82, 2.24) is 15.1 Å². The molecule has 1 N–H and O–H groups in total. The molecule has 2 aromatic rings. The van der Waals surface area contributed by atoms with E-state index in [4.69, 9.17) is 4.74 Å². The molecule has 2 aromatic carbocycles. The van der Waals surface area contributed by atoms with Gasteiger partial charge in [0.15, 0.2) is 0 Å². The zero-order chi connectivity index (χ0) is 19.1. The quantitative estimate of drug-likeness (QED) is 0.851. The summed E-state index contributed by atoms with van der Waals surface area (Å²) in [7, 11) is 2.11. The smallest absolute Gasteiger partial charge is 0.318 e. The van der Waals surface area contributed by atoms with E-state index < -0.39 is 0 Å². The summed E-state index contributed by atoms with van der Waals surface area (Å²) in [6.45, 7) is 6.21. The lowest BCUT2D eigenvalue weighted by molar-refractivity contribution is 0.108. The average Bonchev–Trinajstić information content (AvgIpc) is 2.71. The van der Waals surface area contributed by atoms with Crippen LogP contribution in [0.1, 0.15) is 29.7 Å². The van der Waals surface area contributed by atoms with Crippen molar-refractivity contribution < 1.29 is 9.53 Å². The molecule has 1 aliphatic heterocycles. The molecule has 0 saturated carbocycles. The fraction of sp³-hybridized carbons (Fsp3) is 0.409. The van der Waals surface area contributed by atoms with Crippen LogP contribution in [0.3, 0.4) is 0 Å². The minimum Gasteiger partial charge on any atom is -0.377 e. The molecule has 1 saturated heterocycles. The van der Waals surface area contributed by atoms with E-state index in [0.29, 0.717) is 19.8 Å². The normalized spacial score (nSPS) is 17.7. The molecule has 0 spiro atoms. The van der Waals surface area contributed by atoms with Gasteiger partial charge in [0.05, 0.1) is 12.6 Å². The summed E-state index contributed by atoms with van der Waals surface area (Å²) in [6, 6.07) is 18.4. The van der Waals surface area contributed by atoms with Crippen molar-refractivity contribution in [3.63, 3.8) is 0 Å². The summed E-state index contributed by atoms with van der Waals surface area (Å²) in [5.74, 6) is 0. The minimum atomic E-state index is -0.0110. The molecular formula is C22H29N3O2. The molecule has 0 aliphatic carbocycles. The van der Waals surface area contributed by atoms with E-state index >= 15 is 0 Å². The third kappa shape index (κ3) is 5.08. The van der Waals surface area contributed by atoms with Crippen LogP contribution in [-0.4, -0.2) is 49.1 Å². The van der Waals surface area contributed by atoms with E-state index in [2.05, 4.69) is 35.5 Å². The second kappa shape index (κ2) is 9.53. The van der Waals surface area contributed by atoms with E-state index in [1.165, 1.54) is 5.56 Å². The van der Waals surface area contributed by atoms with Crippen LogP contribution in [-0.2, 0) is 17.9 Å². The molecule has 0 bridgehead atoms. The number of hydrogen-bond acceptors (Lipinski definition) is 3. The van der Waals surface area contributed by atoms with Crippen LogP contribution in [0.5, 0.6) is 0 Å². The molecule has 1 aliphatic rings. The number of benzene rings is 2. The molecule has 3 rings (SSSR count). The first-order chi connectivity index (χ1) is 13.2. The lowest BCUT2D eigenvalue weighted by atomic mass is 10.0. The highest BCUT2D eigenvalue weighted by Gasteiger charge is 2.30. The van der Waals surface area contributed by atoms with Gasteiger partial charge in [-0.05, 0) is 30.7 Å². The van der Waals surface area contributed by atoms with E-state index in [-0.39, 0.29) is 12.1 Å². The Morgan fingerprint density at radius 3 is 2.52 bits per heavy atom. The highest BCUT2D eigenvalue weighted by Crippen LogP contribution is 2.25. The standard InChI is InChI=1S/C22H29N3O2/c1-3-27-17-20-12-8-7-11-19(20)15-23-22(26)25-14-13-24(2)16-21(25)18-9-5-4-6-10-18/h4-12,21H,3,13-17H2,1-2H3,(H,23,26). The maximum Gasteiger partial charge on any atom is 0.318 e. The summed E-state index contributed by atoms with van der Waals surface area (Å²) >= 11 is 0. The molecule has 1 fully saturated rings. The first-order valence-corrected chi connectivity index (χ1v) is 9.61. The van der Waals surface area contributed by atoms with Crippen molar-refractivity contribution in [3.8, 4) is 0 Å². The highest BCUT2D eigenvalue weighted by molar-refractivity contribution is 5.75. The molecular weight excluding hydrogens is 338 g/mol. The van der Waals surface area contributed by atoms with Gasteiger partial charge in [-0.2, -0.15) is 0 Å². The van der Waals surface area contributed by atoms with Gasteiger partial charge in [-0.1, -0.05) is 54.6 Å². The zero-order valence-electron chi connectivity index (χ0n) is 16.2. The summed E-state index contributed by atoms with van der Waals surface area (Å²) in [4.78, 5) is 17.2. The first kappa shape index (κ1) is 19.4. The summed E-state index contributed by atoms with van der Waals surface area (Å²) in [5.41, 5.74) is 3.40. The van der Waals surface area contributed by atoms with Crippen LogP contribution >= 0.6 is 0 Å². The van der Waals surface area contributed by atoms with Gasteiger partial charge in [0.1, 0.15) is 0 Å².